The molecule has 3 aliphatic heterocycles. The summed E-state index contributed by atoms with van der Waals surface area (Å²) in [6, 6.07) is 32.7. The summed E-state index contributed by atoms with van der Waals surface area (Å²) in [4.78, 5) is 16.3. The van der Waals surface area contributed by atoms with E-state index in [1.807, 2.05) is 84.7 Å². The number of phenolic OH excluding ortho intramolecular Hbond substituents is 1. The maximum atomic E-state index is 14.0. The van der Waals surface area contributed by atoms with Crippen LogP contribution in [0.15, 0.2) is 113 Å². The van der Waals surface area contributed by atoms with Crippen LogP contribution in [0.5, 0.6) is 17.2 Å². The predicted molar refractivity (Wildman–Crippen MR) is 161 cm³/mol. The summed E-state index contributed by atoms with van der Waals surface area (Å²) < 4.78 is 12.6. The van der Waals surface area contributed by atoms with Crippen molar-refractivity contribution in [2.75, 3.05) is 11.5 Å². The van der Waals surface area contributed by atoms with Crippen LogP contribution in [0.2, 0.25) is 0 Å². The fraction of sp³-hybridized carbons (Fsp3) is 0.152. The zero-order chi connectivity index (χ0) is 28.0. The smallest absolute Gasteiger partial charge is 0.321 e. The highest BCUT2D eigenvalue weighted by Gasteiger charge is 2.63. The largest absolute Gasteiger partial charge is 0.504 e. The zero-order valence-corrected chi connectivity index (χ0v) is 23.1. The van der Waals surface area contributed by atoms with Gasteiger partial charge in [0.25, 0.3) is 5.24 Å². The minimum absolute atomic E-state index is 0.0596. The Hall–Kier alpha value is -4.69. The number of rotatable bonds is 5. The van der Waals surface area contributed by atoms with Crippen LogP contribution in [-0.2, 0) is 0 Å². The monoisotopic (exact) mass is 561 g/mol. The van der Waals surface area contributed by atoms with E-state index in [1.54, 1.807) is 23.1 Å². The van der Waals surface area contributed by atoms with Gasteiger partial charge < -0.3 is 14.6 Å². The first-order valence-corrected chi connectivity index (χ1v) is 14.4. The van der Waals surface area contributed by atoms with Crippen LogP contribution in [0.1, 0.15) is 36.1 Å². The molecule has 1 amide bonds. The normalized spacial score (nSPS) is 22.0. The Bertz CT molecular complexity index is 1690. The van der Waals surface area contributed by atoms with E-state index in [4.69, 9.17) is 14.6 Å². The average molecular weight is 562 g/mol. The molecule has 7 rings (SSSR count). The number of fused-ring (bicyclic) bond motifs is 4. The second kappa shape index (κ2) is 10.1. The van der Waals surface area contributed by atoms with Crippen molar-refractivity contribution in [1.82, 2.24) is 5.01 Å². The summed E-state index contributed by atoms with van der Waals surface area (Å²) in [6.45, 7) is 2.28. The molecule has 0 bridgehead atoms. The van der Waals surface area contributed by atoms with E-state index in [-0.39, 0.29) is 17.0 Å². The molecule has 2 unspecified atom stereocenters. The number of amides is 1. The van der Waals surface area contributed by atoms with Gasteiger partial charge in [-0.15, -0.1) is 0 Å². The minimum atomic E-state index is -1.37. The lowest BCUT2D eigenvalue weighted by Gasteiger charge is -2.49. The van der Waals surface area contributed by atoms with Crippen LogP contribution >= 0.6 is 11.8 Å². The van der Waals surface area contributed by atoms with Crippen LogP contribution in [0.4, 0.5) is 10.5 Å². The number of anilines is 1. The van der Waals surface area contributed by atoms with Gasteiger partial charge in [0, 0.05) is 12.0 Å². The van der Waals surface area contributed by atoms with E-state index in [0.29, 0.717) is 35.1 Å². The Balaban J connectivity index is 1.46. The lowest BCUT2D eigenvalue weighted by molar-refractivity contribution is -0.0763. The Labute approximate surface area is 242 Å². The van der Waals surface area contributed by atoms with E-state index in [9.17, 15) is 9.90 Å². The molecule has 2 atom stereocenters. The molecule has 0 aliphatic carbocycles. The molecule has 3 heterocycles. The number of benzene rings is 4. The van der Waals surface area contributed by atoms with Crippen LogP contribution in [0, 0.1) is 0 Å². The number of para-hydroxylation sites is 2. The Morgan fingerprint density at radius 3 is 2.54 bits per heavy atom. The molecule has 7 nitrogen and oxygen atoms in total. The van der Waals surface area contributed by atoms with Crippen molar-refractivity contribution in [2.24, 2.45) is 5.10 Å². The first-order valence-electron chi connectivity index (χ1n) is 13.5. The highest BCUT2D eigenvalue weighted by molar-refractivity contribution is 8.17. The van der Waals surface area contributed by atoms with Crippen molar-refractivity contribution >= 4 is 34.5 Å². The molecule has 0 aromatic heterocycles. The van der Waals surface area contributed by atoms with Crippen molar-refractivity contribution in [3.8, 4) is 17.2 Å². The summed E-state index contributed by atoms with van der Waals surface area (Å²) in [5.41, 5.74) is 4.45. The van der Waals surface area contributed by atoms with Crippen LogP contribution in [0.25, 0.3) is 6.08 Å². The van der Waals surface area contributed by atoms with E-state index >= 15 is 0 Å². The molecule has 1 N–H and O–H groups in total. The van der Waals surface area contributed by atoms with Crippen LogP contribution in [-0.4, -0.2) is 33.5 Å². The number of phenols is 1. The zero-order valence-electron chi connectivity index (χ0n) is 22.3. The summed E-state index contributed by atoms with van der Waals surface area (Å²) in [5, 5.41) is 17.3. The number of thioether (sulfide) groups is 1. The molecule has 3 aliphatic rings. The first-order chi connectivity index (χ1) is 20.1. The molecule has 1 spiro atoms. The van der Waals surface area contributed by atoms with Crippen LogP contribution in [0.3, 0.4) is 0 Å². The third-order valence-electron chi connectivity index (χ3n) is 7.46. The molecular formula is C33H27N3O4S. The summed E-state index contributed by atoms with van der Waals surface area (Å²) in [5.74, 6) is -0.226. The Morgan fingerprint density at radius 2 is 1.76 bits per heavy atom. The van der Waals surface area contributed by atoms with Crippen molar-refractivity contribution < 1.29 is 19.4 Å². The van der Waals surface area contributed by atoms with Crippen molar-refractivity contribution in [1.29, 1.82) is 0 Å². The second-order valence-corrected chi connectivity index (χ2v) is 10.9. The first kappa shape index (κ1) is 25.3. The summed E-state index contributed by atoms with van der Waals surface area (Å²) in [7, 11) is 0. The number of hydrogen-bond donors (Lipinski definition) is 1. The molecule has 204 valence electrons. The van der Waals surface area contributed by atoms with Gasteiger partial charge in [0.05, 0.1) is 29.0 Å². The minimum Gasteiger partial charge on any atom is -0.504 e. The van der Waals surface area contributed by atoms with Gasteiger partial charge in [0.15, 0.2) is 11.5 Å². The average Bonchev–Trinajstić information content (AvgIpc) is 3.56. The highest BCUT2D eigenvalue weighted by Crippen LogP contribution is 2.57. The number of carbonyl (C=O) groups excluding carboxylic acids is 1. The van der Waals surface area contributed by atoms with Gasteiger partial charge >= 0.3 is 5.85 Å². The van der Waals surface area contributed by atoms with Gasteiger partial charge in [-0.05, 0) is 66.2 Å². The van der Waals surface area contributed by atoms with Gasteiger partial charge in [-0.2, -0.15) is 5.10 Å². The highest BCUT2D eigenvalue weighted by atomic mass is 32.2. The van der Waals surface area contributed by atoms with Crippen molar-refractivity contribution in [3.63, 3.8) is 0 Å². The fourth-order valence-electron chi connectivity index (χ4n) is 5.66. The SMILES string of the molecule is CCOc1cc(/C=C2\SC(=O)N(c3ccccc3)C23Oc2ccccc2C2CC(c4ccccc4)=NN23)ccc1O. The number of hydrazone groups is 1. The van der Waals surface area contributed by atoms with Crippen molar-refractivity contribution in [2.45, 2.75) is 25.2 Å². The predicted octanol–water partition coefficient (Wildman–Crippen LogP) is 7.40. The number of ether oxygens (including phenoxy) is 2. The fourth-order valence-corrected chi connectivity index (χ4v) is 6.72. The molecule has 1 saturated heterocycles. The topological polar surface area (TPSA) is 74.6 Å². The Kier molecular flexibility index (Phi) is 6.20. The lowest BCUT2D eigenvalue weighted by atomic mass is 9.95. The summed E-state index contributed by atoms with van der Waals surface area (Å²) in [6.07, 6.45) is 2.59. The molecular weight excluding hydrogens is 534 g/mol. The van der Waals surface area contributed by atoms with Crippen molar-refractivity contribution in [3.05, 3.63) is 125 Å². The van der Waals surface area contributed by atoms with E-state index in [2.05, 4.69) is 18.2 Å². The molecule has 8 heteroatoms. The summed E-state index contributed by atoms with van der Waals surface area (Å²) >= 11 is 1.12. The quantitative estimate of drug-likeness (QED) is 0.274. The number of hydrogen-bond acceptors (Lipinski definition) is 7. The van der Waals surface area contributed by atoms with E-state index in [0.717, 1.165) is 34.2 Å². The maximum Gasteiger partial charge on any atom is 0.321 e. The molecule has 41 heavy (non-hydrogen) atoms. The standard InChI is InChI=1S/C33H27N3O4S/c1-2-39-30-19-22(17-18-28(30)37)20-31-33(35(32(38)41-31)24-13-7-4-8-14-24)36-27(25-15-9-10-16-29(25)40-33)21-26(34-36)23-11-5-3-6-12-23/h3-20,27,37H,2,21H2,1H3/b31-20-. The molecule has 4 aromatic carbocycles. The van der Waals surface area contributed by atoms with Gasteiger partial charge in [-0.25, -0.2) is 9.91 Å². The van der Waals surface area contributed by atoms with Gasteiger partial charge in [0.1, 0.15) is 5.75 Å². The van der Waals surface area contributed by atoms with E-state index < -0.39 is 5.85 Å². The van der Waals surface area contributed by atoms with Crippen LogP contribution < -0.4 is 14.4 Å². The number of nitrogens with zero attached hydrogens (tertiary/aromatic N) is 3. The Morgan fingerprint density at radius 1 is 1.02 bits per heavy atom. The van der Waals surface area contributed by atoms with E-state index in [1.165, 1.54) is 0 Å². The lowest BCUT2D eigenvalue weighted by Crippen LogP contribution is -2.63. The molecule has 4 aromatic rings. The molecule has 0 radical (unpaired) electrons. The second-order valence-electron chi connectivity index (χ2n) is 9.93. The third-order valence-corrected chi connectivity index (χ3v) is 8.42. The van der Waals surface area contributed by atoms with Gasteiger partial charge in [-0.1, -0.05) is 72.8 Å². The molecule has 0 saturated carbocycles. The number of aromatic hydroxyl groups is 1. The number of carbonyl (C=O) groups is 1. The van der Waals surface area contributed by atoms with Gasteiger partial charge in [-0.3, -0.25) is 4.79 Å². The maximum absolute atomic E-state index is 14.0. The third kappa shape index (κ3) is 4.14. The molecule has 1 fully saturated rings. The van der Waals surface area contributed by atoms with Gasteiger partial charge in [0.2, 0.25) is 0 Å².